The van der Waals surface area contributed by atoms with E-state index in [0.29, 0.717) is 29.8 Å². The highest BCUT2D eigenvalue weighted by molar-refractivity contribution is 6.04. The maximum absolute atomic E-state index is 13.2. The van der Waals surface area contributed by atoms with E-state index in [1.54, 1.807) is 30.1 Å². The van der Waals surface area contributed by atoms with Crippen LogP contribution in [0.4, 0.5) is 5.69 Å². The fraction of sp³-hybridized carbons (Fsp3) is 0.381. The number of hydrogen-bond donors (Lipinski definition) is 2. The van der Waals surface area contributed by atoms with Crippen molar-refractivity contribution in [3.8, 4) is 5.75 Å². The van der Waals surface area contributed by atoms with E-state index < -0.39 is 24.1 Å². The minimum atomic E-state index is -0.916. The van der Waals surface area contributed by atoms with Crippen LogP contribution in [-0.2, 0) is 9.53 Å². The molecule has 0 bridgehead atoms. The number of anilines is 1. The summed E-state index contributed by atoms with van der Waals surface area (Å²) in [6.07, 6.45) is 4.52. The lowest BCUT2D eigenvalue weighted by molar-refractivity contribution is -0.148. The summed E-state index contributed by atoms with van der Waals surface area (Å²) < 4.78 is 11.8. The van der Waals surface area contributed by atoms with Gasteiger partial charge in [-0.25, -0.2) is 4.98 Å². The first kappa shape index (κ1) is 20.7. The van der Waals surface area contributed by atoms with Gasteiger partial charge in [0.05, 0.1) is 30.3 Å². The Balaban J connectivity index is 1.54. The maximum atomic E-state index is 13.2. The van der Waals surface area contributed by atoms with E-state index in [4.69, 9.17) is 14.6 Å². The van der Waals surface area contributed by atoms with Crippen LogP contribution in [0.2, 0.25) is 0 Å². The molecule has 1 aromatic heterocycles. The second-order valence-corrected chi connectivity index (χ2v) is 7.52. The van der Waals surface area contributed by atoms with Crippen molar-refractivity contribution in [3.05, 3.63) is 48.0 Å². The monoisotopic (exact) mass is 426 g/mol. The number of nitrogens with zero attached hydrogens (tertiary/aromatic N) is 3. The van der Waals surface area contributed by atoms with E-state index in [1.165, 1.54) is 18.6 Å². The molecule has 0 saturated carbocycles. The summed E-state index contributed by atoms with van der Waals surface area (Å²) >= 11 is 0. The molecule has 2 amide bonds. The van der Waals surface area contributed by atoms with Crippen molar-refractivity contribution in [2.75, 3.05) is 19.0 Å². The number of carbonyl (C=O) groups excluding carboxylic acids is 2. The summed E-state index contributed by atoms with van der Waals surface area (Å²) in [7, 11) is 1.70. The number of amides is 2. The number of aliphatic carboxylic acids is 1. The Morgan fingerprint density at radius 1 is 1.29 bits per heavy atom. The van der Waals surface area contributed by atoms with Gasteiger partial charge in [-0.3, -0.25) is 19.4 Å². The molecule has 0 aliphatic carbocycles. The molecule has 3 heterocycles. The highest BCUT2D eigenvalue weighted by atomic mass is 16.5. The summed E-state index contributed by atoms with van der Waals surface area (Å²) in [4.78, 5) is 46.0. The molecule has 10 heteroatoms. The number of carbonyl (C=O) groups is 3. The third-order valence-electron chi connectivity index (χ3n) is 5.47. The van der Waals surface area contributed by atoms with Crippen LogP contribution in [0.3, 0.4) is 0 Å². The Bertz CT molecular complexity index is 999. The Hall–Kier alpha value is -3.53. The fourth-order valence-electron chi connectivity index (χ4n) is 3.91. The third-order valence-corrected chi connectivity index (χ3v) is 5.47. The topological polar surface area (TPSA) is 131 Å². The normalized spacial score (nSPS) is 22.9. The average Bonchev–Trinajstić information content (AvgIpc) is 2.77. The van der Waals surface area contributed by atoms with Gasteiger partial charge >= 0.3 is 5.97 Å². The van der Waals surface area contributed by atoms with Crippen molar-refractivity contribution < 1.29 is 29.0 Å². The van der Waals surface area contributed by atoms with Gasteiger partial charge in [-0.15, -0.1) is 0 Å². The number of carboxylic acids is 1. The van der Waals surface area contributed by atoms with Gasteiger partial charge in [-0.05, 0) is 31.0 Å². The highest BCUT2D eigenvalue weighted by Crippen LogP contribution is 2.32. The van der Waals surface area contributed by atoms with Gasteiger partial charge in [0, 0.05) is 25.1 Å². The summed E-state index contributed by atoms with van der Waals surface area (Å²) in [6.45, 7) is 0.191. The van der Waals surface area contributed by atoms with Crippen molar-refractivity contribution in [1.29, 1.82) is 0 Å². The minimum Gasteiger partial charge on any atom is -0.490 e. The zero-order valence-electron chi connectivity index (χ0n) is 16.9. The molecule has 31 heavy (non-hydrogen) atoms. The number of aromatic nitrogens is 2. The van der Waals surface area contributed by atoms with E-state index in [-0.39, 0.29) is 30.7 Å². The van der Waals surface area contributed by atoms with Crippen LogP contribution < -0.4 is 10.1 Å². The van der Waals surface area contributed by atoms with Crippen LogP contribution in [0, 0.1) is 0 Å². The van der Waals surface area contributed by atoms with Crippen molar-refractivity contribution in [1.82, 2.24) is 14.9 Å². The van der Waals surface area contributed by atoms with Gasteiger partial charge in [-0.1, -0.05) is 0 Å². The van der Waals surface area contributed by atoms with E-state index >= 15 is 0 Å². The van der Waals surface area contributed by atoms with Gasteiger partial charge < -0.3 is 24.8 Å². The van der Waals surface area contributed by atoms with Crippen molar-refractivity contribution >= 4 is 23.5 Å². The Morgan fingerprint density at radius 2 is 2.13 bits per heavy atom. The lowest BCUT2D eigenvalue weighted by Gasteiger charge is -2.42. The molecule has 10 nitrogen and oxygen atoms in total. The second-order valence-electron chi connectivity index (χ2n) is 7.52. The quantitative estimate of drug-likeness (QED) is 0.754. The lowest BCUT2D eigenvalue weighted by Crippen LogP contribution is -2.53. The molecule has 2 N–H and O–H groups in total. The van der Waals surface area contributed by atoms with Crippen molar-refractivity contribution in [3.63, 3.8) is 0 Å². The number of carboxylic acid groups (broad SMARTS) is 1. The molecule has 2 aromatic rings. The molecule has 2 aliphatic rings. The lowest BCUT2D eigenvalue weighted by atomic mass is 9.94. The van der Waals surface area contributed by atoms with E-state index in [2.05, 4.69) is 15.3 Å². The van der Waals surface area contributed by atoms with Gasteiger partial charge in [0.25, 0.3) is 11.8 Å². The van der Waals surface area contributed by atoms with Crippen molar-refractivity contribution in [2.45, 2.75) is 37.5 Å². The van der Waals surface area contributed by atoms with E-state index in [0.717, 1.165) is 0 Å². The molecule has 3 atom stereocenters. The number of hydrogen-bond acceptors (Lipinski definition) is 7. The zero-order chi connectivity index (χ0) is 22.0. The fourth-order valence-corrected chi connectivity index (χ4v) is 3.91. The molecule has 1 aromatic carbocycles. The first-order valence-corrected chi connectivity index (χ1v) is 9.91. The molecule has 0 unspecified atom stereocenters. The predicted octanol–water partition coefficient (Wildman–Crippen LogP) is 1.58. The number of ether oxygens (including phenoxy) is 2. The first-order chi connectivity index (χ1) is 14.9. The van der Waals surface area contributed by atoms with Gasteiger partial charge in [-0.2, -0.15) is 0 Å². The molecular weight excluding hydrogens is 404 g/mol. The van der Waals surface area contributed by atoms with Crippen LogP contribution in [0.15, 0.2) is 36.8 Å². The molecule has 1 saturated heterocycles. The highest BCUT2D eigenvalue weighted by Gasteiger charge is 2.39. The molecular formula is C21H22N4O6. The smallest absolute Gasteiger partial charge is 0.305 e. The number of nitrogens with one attached hydrogen (secondary N) is 1. The largest absolute Gasteiger partial charge is 0.490 e. The van der Waals surface area contributed by atoms with Crippen LogP contribution in [-0.4, -0.2) is 69.7 Å². The molecule has 2 aliphatic heterocycles. The van der Waals surface area contributed by atoms with E-state index in [1.807, 2.05) is 0 Å². The van der Waals surface area contributed by atoms with Gasteiger partial charge in [0.15, 0.2) is 0 Å². The standard InChI is InChI=1S/C21H22N4O6/c1-25-16-4-3-13(9-19(26)27)31-18(16)11-30-17-5-2-12(8-14(17)21(25)29)24-20(28)15-10-22-6-7-23-15/h2,5-8,10,13,16,18H,3-4,9,11H2,1H3,(H,24,28)(H,26,27)/t13-,16+,18-/m1/s1. The van der Waals surface area contributed by atoms with Crippen LogP contribution in [0.25, 0.3) is 0 Å². The van der Waals surface area contributed by atoms with Crippen LogP contribution in [0.1, 0.15) is 40.1 Å². The van der Waals surface area contributed by atoms with Crippen LogP contribution >= 0.6 is 0 Å². The second kappa shape index (κ2) is 8.68. The van der Waals surface area contributed by atoms with Crippen molar-refractivity contribution in [2.24, 2.45) is 0 Å². The Kier molecular flexibility index (Phi) is 5.81. The number of likely N-dealkylation sites (N-methyl/N-ethyl adjacent to an activating group) is 1. The summed E-state index contributed by atoms with van der Waals surface area (Å²) in [5.41, 5.74) is 0.913. The van der Waals surface area contributed by atoms with Gasteiger partial charge in [0.1, 0.15) is 24.2 Å². The molecule has 162 valence electrons. The number of fused-ring (bicyclic) bond motifs is 2. The maximum Gasteiger partial charge on any atom is 0.305 e. The SMILES string of the molecule is CN1C(=O)c2cc(NC(=O)c3cnccn3)ccc2OC[C@H]2O[C@@H](CC(=O)O)CC[C@@H]21. The Morgan fingerprint density at radius 3 is 2.87 bits per heavy atom. The molecule has 0 spiro atoms. The summed E-state index contributed by atoms with van der Waals surface area (Å²) in [5.74, 6) is -1.25. The summed E-state index contributed by atoms with van der Waals surface area (Å²) in [5, 5.41) is 11.7. The number of rotatable bonds is 4. The molecule has 1 fully saturated rings. The Labute approximate surface area is 178 Å². The zero-order valence-corrected chi connectivity index (χ0v) is 16.9. The third kappa shape index (κ3) is 4.48. The number of benzene rings is 1. The van der Waals surface area contributed by atoms with E-state index in [9.17, 15) is 14.4 Å². The summed E-state index contributed by atoms with van der Waals surface area (Å²) in [6, 6.07) is 4.59. The molecule has 4 rings (SSSR count). The first-order valence-electron chi connectivity index (χ1n) is 9.91. The van der Waals surface area contributed by atoms with Crippen LogP contribution in [0.5, 0.6) is 5.75 Å². The predicted molar refractivity (Wildman–Crippen MR) is 108 cm³/mol. The average molecular weight is 426 g/mol. The van der Waals surface area contributed by atoms with Gasteiger partial charge in [0.2, 0.25) is 0 Å². The minimum absolute atomic E-state index is 0.0771. The molecule has 0 radical (unpaired) electrons.